The third-order valence-electron chi connectivity index (χ3n) is 3.90. The molecule has 2 heterocycles. The quantitative estimate of drug-likeness (QED) is 0.925. The number of carbonyl (C=O) groups is 2. The van der Waals surface area contributed by atoms with Crippen LogP contribution in [0.15, 0.2) is 42.6 Å². The van der Waals surface area contributed by atoms with E-state index in [0.29, 0.717) is 25.5 Å². The Hall–Kier alpha value is -2.96. The third kappa shape index (κ3) is 3.51. The number of hydrogen-bond acceptors (Lipinski definition) is 4. The van der Waals surface area contributed by atoms with E-state index in [-0.39, 0.29) is 23.8 Å². The van der Waals surface area contributed by atoms with E-state index >= 15 is 0 Å². The average molecular weight is 329 g/mol. The summed E-state index contributed by atoms with van der Waals surface area (Å²) in [6.07, 6.45) is 1.28. The predicted molar refractivity (Wildman–Crippen MR) is 85.2 cm³/mol. The van der Waals surface area contributed by atoms with Crippen molar-refractivity contribution < 1.29 is 19.1 Å². The van der Waals surface area contributed by atoms with Crippen molar-refractivity contribution in [1.82, 2.24) is 9.88 Å². The number of benzene rings is 1. The fourth-order valence-electron chi connectivity index (χ4n) is 2.63. The highest BCUT2D eigenvalue weighted by Gasteiger charge is 2.25. The molecule has 6 nitrogen and oxygen atoms in total. The van der Waals surface area contributed by atoms with Gasteiger partial charge in [0.25, 0.3) is 0 Å². The Morgan fingerprint density at radius 3 is 2.71 bits per heavy atom. The maximum absolute atomic E-state index is 13.2. The van der Waals surface area contributed by atoms with Crippen molar-refractivity contribution in [3.63, 3.8) is 0 Å². The first kappa shape index (κ1) is 15.9. The number of halogens is 1. The Kier molecular flexibility index (Phi) is 4.41. The zero-order valence-electron chi connectivity index (χ0n) is 12.9. The van der Waals surface area contributed by atoms with Gasteiger partial charge >= 0.3 is 5.97 Å². The molecule has 7 heteroatoms. The molecule has 1 aromatic carbocycles. The van der Waals surface area contributed by atoms with Crippen LogP contribution in [0.1, 0.15) is 15.9 Å². The van der Waals surface area contributed by atoms with Crippen molar-refractivity contribution >= 4 is 17.7 Å². The monoisotopic (exact) mass is 329 g/mol. The summed E-state index contributed by atoms with van der Waals surface area (Å²) in [5.74, 6) is -0.861. The molecule has 1 saturated heterocycles. The maximum Gasteiger partial charge on any atom is 0.337 e. The van der Waals surface area contributed by atoms with E-state index in [0.717, 1.165) is 5.56 Å². The number of aromatic carboxylic acids is 1. The van der Waals surface area contributed by atoms with Gasteiger partial charge in [-0.15, -0.1) is 0 Å². The molecule has 1 aliphatic heterocycles. The second-order valence-electron chi connectivity index (χ2n) is 5.58. The molecule has 0 spiro atoms. The SMILES string of the molecule is O=C(O)c1ccc(N2CCN(Cc3cccc(F)c3)C(=O)C2)nc1. The Labute approximate surface area is 138 Å². The van der Waals surface area contributed by atoms with Gasteiger partial charge in [-0.2, -0.15) is 0 Å². The number of pyridine rings is 1. The van der Waals surface area contributed by atoms with E-state index in [1.807, 2.05) is 0 Å². The highest BCUT2D eigenvalue weighted by atomic mass is 19.1. The van der Waals surface area contributed by atoms with Crippen molar-refractivity contribution in [2.24, 2.45) is 0 Å². The summed E-state index contributed by atoms with van der Waals surface area (Å²) in [6.45, 7) is 1.61. The van der Waals surface area contributed by atoms with Crippen molar-refractivity contribution in [2.45, 2.75) is 6.54 Å². The Morgan fingerprint density at radius 1 is 1.25 bits per heavy atom. The molecule has 1 fully saturated rings. The topological polar surface area (TPSA) is 73.7 Å². The first-order chi connectivity index (χ1) is 11.5. The number of carboxylic acid groups (broad SMARTS) is 1. The number of hydrogen-bond donors (Lipinski definition) is 1. The number of carbonyl (C=O) groups excluding carboxylic acids is 1. The van der Waals surface area contributed by atoms with Crippen LogP contribution in [0.2, 0.25) is 0 Å². The molecule has 1 aromatic heterocycles. The molecule has 3 rings (SSSR count). The lowest BCUT2D eigenvalue weighted by Gasteiger charge is -2.35. The smallest absolute Gasteiger partial charge is 0.337 e. The fourth-order valence-corrected chi connectivity index (χ4v) is 2.63. The molecule has 0 atom stereocenters. The number of piperazine rings is 1. The van der Waals surface area contributed by atoms with Gasteiger partial charge in [0.05, 0.1) is 12.1 Å². The largest absolute Gasteiger partial charge is 0.478 e. The molecule has 0 aliphatic carbocycles. The summed E-state index contributed by atoms with van der Waals surface area (Å²) < 4.78 is 13.2. The van der Waals surface area contributed by atoms with E-state index in [4.69, 9.17) is 5.11 Å². The second kappa shape index (κ2) is 6.66. The number of amides is 1. The molecule has 2 aromatic rings. The normalized spacial score (nSPS) is 14.8. The molecule has 1 amide bonds. The maximum atomic E-state index is 13.2. The van der Waals surface area contributed by atoms with Gasteiger partial charge in [-0.3, -0.25) is 4.79 Å². The lowest BCUT2D eigenvalue weighted by molar-refractivity contribution is -0.131. The van der Waals surface area contributed by atoms with Crippen LogP contribution in [0, 0.1) is 5.82 Å². The summed E-state index contributed by atoms with van der Waals surface area (Å²) in [5, 5.41) is 8.88. The van der Waals surface area contributed by atoms with E-state index in [9.17, 15) is 14.0 Å². The molecular formula is C17H16FN3O3. The Bertz CT molecular complexity index is 764. The van der Waals surface area contributed by atoms with Gasteiger partial charge in [0, 0.05) is 25.8 Å². The molecule has 0 saturated carbocycles. The minimum atomic E-state index is -1.04. The molecule has 0 unspecified atom stereocenters. The number of rotatable bonds is 4. The lowest BCUT2D eigenvalue weighted by atomic mass is 10.2. The van der Waals surface area contributed by atoms with Gasteiger partial charge < -0.3 is 14.9 Å². The number of nitrogens with zero attached hydrogens (tertiary/aromatic N) is 3. The van der Waals surface area contributed by atoms with Crippen LogP contribution in [-0.4, -0.2) is 46.5 Å². The van der Waals surface area contributed by atoms with E-state index < -0.39 is 5.97 Å². The van der Waals surface area contributed by atoms with Gasteiger partial charge in [-0.1, -0.05) is 12.1 Å². The van der Waals surface area contributed by atoms with Crippen LogP contribution in [0.4, 0.5) is 10.2 Å². The summed E-state index contributed by atoms with van der Waals surface area (Å²) >= 11 is 0. The van der Waals surface area contributed by atoms with Crippen LogP contribution in [-0.2, 0) is 11.3 Å². The van der Waals surface area contributed by atoms with E-state index in [1.165, 1.54) is 24.4 Å². The molecular weight excluding hydrogens is 313 g/mol. The highest BCUT2D eigenvalue weighted by Crippen LogP contribution is 2.16. The summed E-state index contributed by atoms with van der Waals surface area (Å²) in [4.78, 5) is 30.7. The summed E-state index contributed by atoms with van der Waals surface area (Å²) in [7, 11) is 0. The van der Waals surface area contributed by atoms with Crippen LogP contribution in [0.25, 0.3) is 0 Å². The zero-order chi connectivity index (χ0) is 17.1. The third-order valence-corrected chi connectivity index (χ3v) is 3.90. The lowest BCUT2D eigenvalue weighted by Crippen LogP contribution is -2.50. The zero-order valence-corrected chi connectivity index (χ0v) is 12.9. The Morgan fingerprint density at radius 2 is 2.08 bits per heavy atom. The van der Waals surface area contributed by atoms with Gasteiger partial charge in [0.15, 0.2) is 0 Å². The standard InChI is InChI=1S/C17H16FN3O3/c18-14-3-1-2-12(8-14)10-21-7-6-20(11-16(21)22)15-5-4-13(9-19-15)17(23)24/h1-5,8-9H,6-7,10-11H2,(H,23,24). The molecule has 0 bridgehead atoms. The molecule has 24 heavy (non-hydrogen) atoms. The van der Waals surface area contributed by atoms with Crippen molar-refractivity contribution in [2.75, 3.05) is 24.5 Å². The molecule has 0 radical (unpaired) electrons. The van der Waals surface area contributed by atoms with Gasteiger partial charge in [-0.05, 0) is 29.8 Å². The van der Waals surface area contributed by atoms with Crippen molar-refractivity contribution in [3.05, 3.63) is 59.5 Å². The van der Waals surface area contributed by atoms with Crippen LogP contribution in [0.5, 0.6) is 0 Å². The van der Waals surface area contributed by atoms with Gasteiger partial charge in [-0.25, -0.2) is 14.2 Å². The molecule has 1 N–H and O–H groups in total. The number of anilines is 1. The number of carboxylic acids is 1. The number of aromatic nitrogens is 1. The molecule has 124 valence electrons. The van der Waals surface area contributed by atoms with Gasteiger partial charge in [0.2, 0.25) is 5.91 Å². The fraction of sp³-hybridized carbons (Fsp3) is 0.235. The summed E-state index contributed by atoms with van der Waals surface area (Å²) in [6, 6.07) is 9.27. The van der Waals surface area contributed by atoms with E-state index in [1.54, 1.807) is 28.0 Å². The minimum absolute atomic E-state index is 0.0744. The van der Waals surface area contributed by atoms with Crippen LogP contribution in [0.3, 0.4) is 0 Å². The Balaban J connectivity index is 1.64. The molecule has 1 aliphatic rings. The van der Waals surface area contributed by atoms with E-state index in [2.05, 4.69) is 4.98 Å². The first-order valence-corrected chi connectivity index (χ1v) is 7.49. The predicted octanol–water partition coefficient (Wildman–Crippen LogP) is 1.77. The van der Waals surface area contributed by atoms with Crippen molar-refractivity contribution in [1.29, 1.82) is 0 Å². The van der Waals surface area contributed by atoms with Crippen LogP contribution < -0.4 is 4.90 Å². The van der Waals surface area contributed by atoms with Gasteiger partial charge in [0.1, 0.15) is 11.6 Å². The second-order valence-corrected chi connectivity index (χ2v) is 5.58. The average Bonchev–Trinajstić information content (AvgIpc) is 2.57. The minimum Gasteiger partial charge on any atom is -0.478 e. The van der Waals surface area contributed by atoms with Crippen molar-refractivity contribution in [3.8, 4) is 0 Å². The first-order valence-electron chi connectivity index (χ1n) is 7.49. The van der Waals surface area contributed by atoms with Crippen LogP contribution >= 0.6 is 0 Å². The summed E-state index contributed by atoms with van der Waals surface area (Å²) in [5.41, 5.74) is 0.857. The highest BCUT2D eigenvalue weighted by molar-refractivity contribution is 5.87.